The lowest BCUT2D eigenvalue weighted by molar-refractivity contribution is -0.131. The van der Waals surface area contributed by atoms with Gasteiger partial charge in [0.15, 0.2) is 0 Å². The molecule has 0 spiro atoms. The molecule has 10 heavy (non-hydrogen) atoms. The van der Waals surface area contributed by atoms with E-state index >= 15 is 0 Å². The fraction of sp³-hybridized carbons (Fsp3) is 0.200. The molecule has 0 aromatic carbocycles. The van der Waals surface area contributed by atoms with Crippen molar-refractivity contribution in [1.82, 2.24) is 4.90 Å². The summed E-state index contributed by atoms with van der Waals surface area (Å²) in [6, 6.07) is -0.697. The van der Waals surface area contributed by atoms with E-state index in [0.717, 1.165) is 17.2 Å². The van der Waals surface area contributed by atoms with E-state index in [4.69, 9.17) is 10.8 Å². The predicted octanol–water partition coefficient (Wildman–Crippen LogP) is -0.405. The second-order valence-corrected chi connectivity index (χ2v) is 1.60. The van der Waals surface area contributed by atoms with Crippen LogP contribution in [0.15, 0.2) is 12.3 Å². The molecular formula is C5H8N2O3. The first-order valence-corrected chi connectivity index (χ1v) is 2.47. The molecule has 0 radical (unpaired) electrons. The minimum absolute atomic E-state index is 0.697. The summed E-state index contributed by atoms with van der Waals surface area (Å²) >= 11 is 0. The molecule has 0 unspecified atom stereocenters. The highest BCUT2D eigenvalue weighted by Crippen LogP contribution is 1.82. The molecule has 5 heteroatoms. The number of urea groups is 1. The Bertz CT molecular complexity index is 176. The van der Waals surface area contributed by atoms with Crippen LogP contribution < -0.4 is 5.73 Å². The number of hydrogen-bond donors (Lipinski definition) is 2. The molecule has 0 heterocycles. The van der Waals surface area contributed by atoms with E-state index in [2.05, 4.69) is 0 Å². The van der Waals surface area contributed by atoms with Crippen LogP contribution >= 0.6 is 0 Å². The van der Waals surface area contributed by atoms with E-state index in [0.29, 0.717) is 0 Å². The normalized spacial score (nSPS) is 9.70. The standard InChI is InChI=1S/C5H8N2O3/c1-7(5(6)10)3-2-4(8)9/h2-3H,1H3,(H2,6,10)(H,8,9)/b3-2+. The van der Waals surface area contributed by atoms with E-state index in [-0.39, 0.29) is 0 Å². The zero-order valence-corrected chi connectivity index (χ0v) is 5.44. The topological polar surface area (TPSA) is 83.6 Å². The lowest BCUT2D eigenvalue weighted by atomic mass is 10.6. The number of primary amides is 1. The van der Waals surface area contributed by atoms with Crippen LogP contribution in [0, 0.1) is 0 Å². The first kappa shape index (κ1) is 8.48. The molecule has 0 aliphatic rings. The molecule has 0 bridgehead atoms. The average Bonchev–Trinajstić information content (AvgIpc) is 1.82. The van der Waals surface area contributed by atoms with Gasteiger partial charge in [-0.15, -0.1) is 0 Å². The van der Waals surface area contributed by atoms with Gasteiger partial charge in [0.2, 0.25) is 0 Å². The molecule has 0 saturated carbocycles. The maximum absolute atomic E-state index is 10.2. The van der Waals surface area contributed by atoms with Gasteiger partial charge in [-0.1, -0.05) is 0 Å². The molecule has 0 saturated heterocycles. The molecule has 0 atom stereocenters. The van der Waals surface area contributed by atoms with Crippen molar-refractivity contribution in [2.45, 2.75) is 0 Å². The van der Waals surface area contributed by atoms with Gasteiger partial charge < -0.3 is 15.7 Å². The number of nitrogens with zero attached hydrogens (tertiary/aromatic N) is 1. The van der Waals surface area contributed by atoms with Gasteiger partial charge in [0, 0.05) is 19.3 Å². The Morgan fingerprint density at radius 2 is 2.10 bits per heavy atom. The zero-order chi connectivity index (χ0) is 8.15. The molecule has 0 fully saturated rings. The van der Waals surface area contributed by atoms with Crippen molar-refractivity contribution < 1.29 is 14.7 Å². The van der Waals surface area contributed by atoms with Crippen molar-refractivity contribution in [2.24, 2.45) is 5.73 Å². The highest BCUT2D eigenvalue weighted by molar-refractivity contribution is 5.81. The highest BCUT2D eigenvalue weighted by atomic mass is 16.4. The predicted molar refractivity (Wildman–Crippen MR) is 34.1 cm³/mol. The minimum atomic E-state index is -1.12. The number of hydrogen-bond acceptors (Lipinski definition) is 2. The van der Waals surface area contributed by atoms with Gasteiger partial charge in [-0.3, -0.25) is 0 Å². The number of carbonyl (C=O) groups excluding carboxylic acids is 1. The fourth-order valence-electron chi connectivity index (χ4n) is 0.249. The van der Waals surface area contributed by atoms with Gasteiger partial charge in [-0.2, -0.15) is 0 Å². The van der Waals surface area contributed by atoms with Crippen LogP contribution in [0.5, 0.6) is 0 Å². The summed E-state index contributed by atoms with van der Waals surface area (Å²) < 4.78 is 0. The van der Waals surface area contributed by atoms with Crippen LogP contribution in [0.25, 0.3) is 0 Å². The fourth-order valence-corrected chi connectivity index (χ4v) is 0.249. The highest BCUT2D eigenvalue weighted by Gasteiger charge is 1.96. The Hall–Kier alpha value is -1.52. The van der Waals surface area contributed by atoms with Crippen LogP contribution in [0.2, 0.25) is 0 Å². The number of carboxylic acids is 1. The quantitative estimate of drug-likeness (QED) is 0.517. The molecule has 5 nitrogen and oxygen atoms in total. The Kier molecular flexibility index (Phi) is 2.96. The van der Waals surface area contributed by atoms with Crippen molar-refractivity contribution in [3.05, 3.63) is 12.3 Å². The average molecular weight is 144 g/mol. The van der Waals surface area contributed by atoms with Crippen molar-refractivity contribution in [3.8, 4) is 0 Å². The number of nitrogens with two attached hydrogens (primary N) is 1. The maximum atomic E-state index is 10.2. The SMILES string of the molecule is CN(/C=C/C(=O)O)C(N)=O. The molecule has 2 amide bonds. The zero-order valence-electron chi connectivity index (χ0n) is 5.44. The van der Waals surface area contributed by atoms with Crippen LogP contribution in [0.1, 0.15) is 0 Å². The summed E-state index contributed by atoms with van der Waals surface area (Å²) in [4.78, 5) is 21.0. The van der Waals surface area contributed by atoms with Gasteiger partial charge in [0.05, 0.1) is 0 Å². The summed E-state index contributed by atoms with van der Waals surface area (Å²) in [5.41, 5.74) is 4.76. The number of carboxylic acid groups (broad SMARTS) is 1. The molecular weight excluding hydrogens is 136 g/mol. The first-order valence-electron chi connectivity index (χ1n) is 2.47. The molecule has 0 rings (SSSR count). The lowest BCUT2D eigenvalue weighted by Gasteiger charge is -2.04. The van der Waals surface area contributed by atoms with Gasteiger partial charge >= 0.3 is 12.0 Å². The molecule has 0 aliphatic carbocycles. The summed E-state index contributed by atoms with van der Waals surface area (Å²) in [5, 5.41) is 8.08. The summed E-state index contributed by atoms with van der Waals surface area (Å²) in [6.45, 7) is 0. The second kappa shape index (κ2) is 3.49. The Labute approximate surface area is 57.7 Å². The van der Waals surface area contributed by atoms with Gasteiger partial charge in [0.1, 0.15) is 0 Å². The molecule has 3 N–H and O–H groups in total. The van der Waals surface area contributed by atoms with Crippen molar-refractivity contribution in [2.75, 3.05) is 7.05 Å². The van der Waals surface area contributed by atoms with E-state index in [9.17, 15) is 9.59 Å². The number of rotatable bonds is 2. The summed E-state index contributed by atoms with van der Waals surface area (Å²) in [7, 11) is 1.36. The molecule has 0 aliphatic heterocycles. The second-order valence-electron chi connectivity index (χ2n) is 1.60. The lowest BCUT2D eigenvalue weighted by Crippen LogP contribution is -2.27. The summed E-state index contributed by atoms with van der Waals surface area (Å²) in [5.74, 6) is -1.12. The van der Waals surface area contributed by atoms with Crippen LogP contribution in [-0.4, -0.2) is 29.1 Å². The molecule has 0 aromatic heterocycles. The van der Waals surface area contributed by atoms with Gasteiger partial charge in [0.25, 0.3) is 0 Å². The Morgan fingerprint density at radius 1 is 1.60 bits per heavy atom. The third kappa shape index (κ3) is 3.48. The van der Waals surface area contributed by atoms with E-state index in [1.54, 1.807) is 0 Å². The molecule has 56 valence electrons. The van der Waals surface area contributed by atoms with Crippen molar-refractivity contribution in [1.29, 1.82) is 0 Å². The van der Waals surface area contributed by atoms with E-state index in [1.165, 1.54) is 7.05 Å². The Balaban J connectivity index is 3.89. The van der Waals surface area contributed by atoms with Crippen molar-refractivity contribution >= 4 is 12.0 Å². The first-order chi connectivity index (χ1) is 4.54. The van der Waals surface area contributed by atoms with Crippen LogP contribution in [0.3, 0.4) is 0 Å². The largest absolute Gasteiger partial charge is 0.478 e. The minimum Gasteiger partial charge on any atom is -0.478 e. The third-order valence-electron chi connectivity index (χ3n) is 0.788. The maximum Gasteiger partial charge on any atom is 0.329 e. The van der Waals surface area contributed by atoms with Gasteiger partial charge in [-0.05, 0) is 0 Å². The van der Waals surface area contributed by atoms with E-state index < -0.39 is 12.0 Å². The third-order valence-corrected chi connectivity index (χ3v) is 0.788. The van der Waals surface area contributed by atoms with Crippen LogP contribution in [0.4, 0.5) is 4.79 Å². The van der Waals surface area contributed by atoms with Gasteiger partial charge in [-0.25, -0.2) is 9.59 Å². The number of amides is 2. The monoisotopic (exact) mass is 144 g/mol. The van der Waals surface area contributed by atoms with E-state index in [1.807, 2.05) is 0 Å². The van der Waals surface area contributed by atoms with Crippen LogP contribution in [-0.2, 0) is 4.79 Å². The Morgan fingerprint density at radius 3 is 2.40 bits per heavy atom. The molecule has 0 aromatic rings. The van der Waals surface area contributed by atoms with Crippen molar-refractivity contribution in [3.63, 3.8) is 0 Å². The number of carbonyl (C=O) groups is 2. The summed E-state index contributed by atoms with van der Waals surface area (Å²) in [6.07, 6.45) is 1.90. The smallest absolute Gasteiger partial charge is 0.329 e. The number of aliphatic carboxylic acids is 1.